The third kappa shape index (κ3) is 2.51. The van der Waals surface area contributed by atoms with Crippen LogP contribution in [0.1, 0.15) is 11.3 Å². The van der Waals surface area contributed by atoms with Gasteiger partial charge in [-0.05, 0) is 35.5 Å². The van der Waals surface area contributed by atoms with Gasteiger partial charge in [0.2, 0.25) is 0 Å². The summed E-state index contributed by atoms with van der Waals surface area (Å²) in [4.78, 5) is 4.60. The largest absolute Gasteiger partial charge is 0.330 e. The summed E-state index contributed by atoms with van der Waals surface area (Å²) in [6, 6.07) is 8.39. The first-order valence-electron chi connectivity index (χ1n) is 5.13. The van der Waals surface area contributed by atoms with Crippen molar-refractivity contribution in [3.63, 3.8) is 0 Å². The fraction of sp³-hybridized carbons (Fsp3) is 0.250. The second-order valence-electron chi connectivity index (χ2n) is 3.65. The molecule has 4 heteroatoms. The molecule has 0 bridgehead atoms. The molecule has 0 atom stereocenters. The van der Waals surface area contributed by atoms with Crippen molar-refractivity contribution in [2.45, 2.75) is 13.3 Å². The molecule has 0 amide bonds. The van der Waals surface area contributed by atoms with Crippen molar-refractivity contribution in [2.75, 3.05) is 6.54 Å². The van der Waals surface area contributed by atoms with Gasteiger partial charge in [0.25, 0.3) is 0 Å². The third-order valence-electron chi connectivity index (χ3n) is 2.30. The Morgan fingerprint density at radius 1 is 1.44 bits per heavy atom. The van der Waals surface area contributed by atoms with Crippen LogP contribution in [0.4, 0.5) is 0 Å². The molecule has 16 heavy (non-hydrogen) atoms. The van der Waals surface area contributed by atoms with E-state index in [1.165, 1.54) is 11.1 Å². The smallest absolute Gasteiger partial charge is 0.124 e. The van der Waals surface area contributed by atoms with Crippen molar-refractivity contribution in [2.24, 2.45) is 5.73 Å². The van der Waals surface area contributed by atoms with Crippen molar-refractivity contribution in [1.82, 2.24) is 4.98 Å². The molecule has 0 aliphatic rings. The van der Waals surface area contributed by atoms with Crippen LogP contribution in [0.3, 0.4) is 0 Å². The Balaban J connectivity index is 2.37. The zero-order valence-corrected chi connectivity index (χ0v) is 11.4. The number of aryl methyl sites for hydroxylation is 1. The fourth-order valence-corrected chi connectivity index (χ4v) is 3.11. The van der Waals surface area contributed by atoms with Gasteiger partial charge in [0.05, 0.1) is 9.48 Å². The molecular formula is C12H13BrN2S. The minimum atomic E-state index is 0.635. The summed E-state index contributed by atoms with van der Waals surface area (Å²) in [7, 11) is 0. The molecule has 2 aromatic rings. The van der Waals surface area contributed by atoms with E-state index in [1.807, 2.05) is 0 Å². The van der Waals surface area contributed by atoms with Crippen molar-refractivity contribution in [3.8, 4) is 10.6 Å². The van der Waals surface area contributed by atoms with E-state index >= 15 is 0 Å². The minimum absolute atomic E-state index is 0.635. The lowest BCUT2D eigenvalue weighted by Crippen LogP contribution is -2.03. The van der Waals surface area contributed by atoms with Crippen molar-refractivity contribution in [1.29, 1.82) is 0 Å². The minimum Gasteiger partial charge on any atom is -0.330 e. The first-order valence-corrected chi connectivity index (χ1v) is 6.74. The lowest BCUT2D eigenvalue weighted by atomic mass is 10.1. The van der Waals surface area contributed by atoms with Crippen LogP contribution in [0.2, 0.25) is 0 Å². The molecule has 0 saturated heterocycles. The first-order chi connectivity index (χ1) is 7.70. The number of rotatable bonds is 3. The summed E-state index contributed by atoms with van der Waals surface area (Å²) in [5, 5.41) is 1.05. The van der Waals surface area contributed by atoms with E-state index in [4.69, 9.17) is 5.73 Å². The van der Waals surface area contributed by atoms with Crippen molar-refractivity contribution in [3.05, 3.63) is 39.3 Å². The summed E-state index contributed by atoms with van der Waals surface area (Å²) >= 11 is 5.20. The number of hydrogen-bond donors (Lipinski definition) is 1. The normalized spacial score (nSPS) is 10.7. The lowest BCUT2D eigenvalue weighted by Gasteiger charge is -1.97. The van der Waals surface area contributed by atoms with Crippen LogP contribution < -0.4 is 5.73 Å². The van der Waals surface area contributed by atoms with Gasteiger partial charge in [-0.2, -0.15) is 0 Å². The van der Waals surface area contributed by atoms with E-state index in [9.17, 15) is 0 Å². The van der Waals surface area contributed by atoms with Gasteiger partial charge in [-0.1, -0.05) is 23.8 Å². The van der Waals surface area contributed by atoms with Gasteiger partial charge in [0, 0.05) is 12.0 Å². The van der Waals surface area contributed by atoms with E-state index in [-0.39, 0.29) is 0 Å². The van der Waals surface area contributed by atoms with Crippen LogP contribution in [0, 0.1) is 6.92 Å². The molecule has 1 aromatic heterocycles. The first kappa shape index (κ1) is 11.8. The van der Waals surface area contributed by atoms with Crippen LogP contribution in [-0.4, -0.2) is 11.5 Å². The number of thiazole rings is 1. The Bertz CT molecular complexity index is 494. The van der Waals surface area contributed by atoms with Gasteiger partial charge in [0.1, 0.15) is 5.01 Å². The van der Waals surface area contributed by atoms with Crippen LogP contribution in [-0.2, 0) is 6.42 Å². The number of nitrogens with zero attached hydrogens (tertiary/aromatic N) is 1. The van der Waals surface area contributed by atoms with E-state index in [0.717, 1.165) is 20.9 Å². The number of halogens is 1. The summed E-state index contributed by atoms with van der Waals surface area (Å²) in [5.74, 6) is 0. The predicted molar refractivity (Wildman–Crippen MR) is 72.7 cm³/mol. The molecule has 2 rings (SSSR count). The highest BCUT2D eigenvalue weighted by molar-refractivity contribution is 9.11. The number of hydrogen-bond acceptors (Lipinski definition) is 3. The standard InChI is InChI=1S/C12H13BrN2S/c1-8-3-2-4-9(7-8)12-15-10(5-6-14)11(13)16-12/h2-4,7H,5-6,14H2,1H3. The molecule has 0 fully saturated rings. The Hall–Kier alpha value is -0.710. The summed E-state index contributed by atoms with van der Waals surface area (Å²) < 4.78 is 1.09. The van der Waals surface area contributed by atoms with E-state index in [0.29, 0.717) is 6.54 Å². The molecule has 0 radical (unpaired) electrons. The Morgan fingerprint density at radius 3 is 2.94 bits per heavy atom. The zero-order valence-electron chi connectivity index (χ0n) is 9.03. The SMILES string of the molecule is Cc1cccc(-c2nc(CCN)c(Br)s2)c1. The summed E-state index contributed by atoms with van der Waals surface area (Å²) in [6.45, 7) is 2.72. The maximum Gasteiger partial charge on any atom is 0.124 e. The lowest BCUT2D eigenvalue weighted by molar-refractivity contribution is 0.931. The molecular weight excluding hydrogens is 284 g/mol. The Kier molecular flexibility index (Phi) is 3.74. The Morgan fingerprint density at radius 2 is 2.25 bits per heavy atom. The second kappa shape index (κ2) is 5.08. The van der Waals surface area contributed by atoms with Crippen molar-refractivity contribution >= 4 is 27.3 Å². The van der Waals surface area contributed by atoms with Crippen LogP contribution in [0.15, 0.2) is 28.1 Å². The monoisotopic (exact) mass is 296 g/mol. The Labute approximate surface area is 108 Å². The zero-order chi connectivity index (χ0) is 11.5. The molecule has 1 heterocycles. The molecule has 2 N–H and O–H groups in total. The van der Waals surface area contributed by atoms with Gasteiger partial charge in [-0.25, -0.2) is 4.98 Å². The van der Waals surface area contributed by atoms with Gasteiger partial charge >= 0.3 is 0 Å². The van der Waals surface area contributed by atoms with E-state index < -0.39 is 0 Å². The van der Waals surface area contributed by atoms with Gasteiger partial charge in [0.15, 0.2) is 0 Å². The van der Waals surface area contributed by atoms with Crippen LogP contribution >= 0.6 is 27.3 Å². The van der Waals surface area contributed by atoms with Gasteiger partial charge < -0.3 is 5.73 Å². The number of nitrogens with two attached hydrogens (primary N) is 1. The summed E-state index contributed by atoms with van der Waals surface area (Å²) in [5.41, 5.74) is 9.03. The highest BCUT2D eigenvalue weighted by atomic mass is 79.9. The molecule has 2 nitrogen and oxygen atoms in total. The average Bonchev–Trinajstić information content (AvgIpc) is 2.61. The van der Waals surface area contributed by atoms with Gasteiger partial charge in [-0.3, -0.25) is 0 Å². The number of aromatic nitrogens is 1. The maximum atomic E-state index is 5.55. The quantitative estimate of drug-likeness (QED) is 0.943. The maximum absolute atomic E-state index is 5.55. The average molecular weight is 297 g/mol. The van der Waals surface area contributed by atoms with Crippen LogP contribution in [0.25, 0.3) is 10.6 Å². The molecule has 0 saturated carbocycles. The molecule has 0 aliphatic carbocycles. The molecule has 0 spiro atoms. The van der Waals surface area contributed by atoms with E-state index in [2.05, 4.69) is 52.1 Å². The predicted octanol–water partition coefficient (Wildman–Crippen LogP) is 3.38. The molecule has 1 aromatic carbocycles. The summed E-state index contributed by atoms with van der Waals surface area (Å²) in [6.07, 6.45) is 0.822. The third-order valence-corrected chi connectivity index (χ3v) is 4.17. The molecule has 0 unspecified atom stereocenters. The van der Waals surface area contributed by atoms with Crippen molar-refractivity contribution < 1.29 is 0 Å². The van der Waals surface area contributed by atoms with Crippen LogP contribution in [0.5, 0.6) is 0 Å². The topological polar surface area (TPSA) is 38.9 Å². The molecule has 0 aliphatic heterocycles. The van der Waals surface area contributed by atoms with Gasteiger partial charge in [-0.15, -0.1) is 11.3 Å². The second-order valence-corrected chi connectivity index (χ2v) is 5.96. The highest BCUT2D eigenvalue weighted by Crippen LogP contribution is 2.32. The number of benzene rings is 1. The van der Waals surface area contributed by atoms with E-state index in [1.54, 1.807) is 11.3 Å². The highest BCUT2D eigenvalue weighted by Gasteiger charge is 2.09. The molecule has 84 valence electrons. The fourth-order valence-electron chi connectivity index (χ4n) is 1.53.